The van der Waals surface area contributed by atoms with E-state index in [2.05, 4.69) is 0 Å². The highest BCUT2D eigenvalue weighted by Gasteiger charge is 2.01. The normalized spacial score (nSPS) is 10.2. The van der Waals surface area contributed by atoms with E-state index in [1.807, 2.05) is 24.3 Å². The molecule has 0 saturated carbocycles. The Bertz CT molecular complexity index is 560. The van der Waals surface area contributed by atoms with Gasteiger partial charge in [0.15, 0.2) is 0 Å². The molecule has 0 radical (unpaired) electrons. The molecular weight excluding hydrogens is 238 g/mol. The van der Waals surface area contributed by atoms with Crippen molar-refractivity contribution in [2.75, 3.05) is 7.11 Å². The highest BCUT2D eigenvalue weighted by molar-refractivity contribution is 6.30. The molecule has 1 aromatic heterocycles. The maximum Gasteiger partial charge on any atom is 0.269 e. The second-order valence-electron chi connectivity index (χ2n) is 3.64. The molecule has 0 bridgehead atoms. The molecule has 17 heavy (non-hydrogen) atoms. The van der Waals surface area contributed by atoms with E-state index in [9.17, 15) is 4.79 Å². The zero-order valence-electron chi connectivity index (χ0n) is 9.39. The van der Waals surface area contributed by atoms with E-state index in [0.29, 0.717) is 6.54 Å². The monoisotopic (exact) mass is 249 g/mol. The van der Waals surface area contributed by atoms with Crippen LogP contribution in [0.2, 0.25) is 5.02 Å². The summed E-state index contributed by atoms with van der Waals surface area (Å²) >= 11 is 5.77. The van der Waals surface area contributed by atoms with Gasteiger partial charge >= 0.3 is 0 Å². The van der Waals surface area contributed by atoms with Crippen LogP contribution in [0.25, 0.3) is 0 Å². The van der Waals surface area contributed by atoms with Gasteiger partial charge in [-0.05, 0) is 29.8 Å². The molecule has 0 spiro atoms. The topological polar surface area (TPSA) is 31.2 Å². The van der Waals surface area contributed by atoms with Crippen molar-refractivity contribution in [1.29, 1.82) is 0 Å². The number of rotatable bonds is 3. The van der Waals surface area contributed by atoms with Gasteiger partial charge in [0, 0.05) is 6.20 Å². The molecule has 0 unspecified atom stereocenters. The van der Waals surface area contributed by atoms with Gasteiger partial charge < -0.3 is 9.30 Å². The summed E-state index contributed by atoms with van der Waals surface area (Å²) in [6.07, 6.45) is 1.72. The maximum atomic E-state index is 11.7. The Morgan fingerprint density at radius 3 is 2.59 bits per heavy atom. The van der Waals surface area contributed by atoms with E-state index in [1.54, 1.807) is 30.0 Å². The number of hydrogen-bond acceptors (Lipinski definition) is 2. The highest BCUT2D eigenvalue weighted by atomic mass is 35.5. The van der Waals surface area contributed by atoms with Gasteiger partial charge in [-0.25, -0.2) is 0 Å². The molecule has 1 aromatic carbocycles. The Balaban J connectivity index is 2.25. The van der Waals surface area contributed by atoms with Gasteiger partial charge in [0.05, 0.1) is 13.7 Å². The van der Waals surface area contributed by atoms with E-state index >= 15 is 0 Å². The van der Waals surface area contributed by atoms with E-state index < -0.39 is 0 Å². The average Bonchev–Trinajstić information content (AvgIpc) is 2.36. The molecule has 2 rings (SSSR count). The van der Waals surface area contributed by atoms with Crippen molar-refractivity contribution < 1.29 is 4.74 Å². The first-order chi connectivity index (χ1) is 8.20. The molecule has 0 fully saturated rings. The molecule has 0 amide bonds. The fraction of sp³-hybridized carbons (Fsp3) is 0.154. The molecule has 88 valence electrons. The third kappa shape index (κ3) is 2.68. The number of ether oxygens (including phenoxy) is 1. The lowest BCUT2D eigenvalue weighted by Gasteiger charge is -2.06. The largest absolute Gasteiger partial charge is 0.497 e. The van der Waals surface area contributed by atoms with Crippen molar-refractivity contribution in [3.05, 3.63) is 63.5 Å². The van der Waals surface area contributed by atoms with Crippen LogP contribution in [0.5, 0.6) is 5.75 Å². The van der Waals surface area contributed by atoms with Gasteiger partial charge in [0.1, 0.15) is 10.8 Å². The van der Waals surface area contributed by atoms with Crippen LogP contribution in [0, 0.1) is 0 Å². The summed E-state index contributed by atoms with van der Waals surface area (Å²) in [5.41, 5.74) is 0.847. The highest BCUT2D eigenvalue weighted by Crippen LogP contribution is 2.12. The van der Waals surface area contributed by atoms with E-state index in [1.165, 1.54) is 0 Å². The molecule has 3 nitrogen and oxygen atoms in total. The van der Waals surface area contributed by atoms with Gasteiger partial charge in [0.2, 0.25) is 0 Å². The predicted octanol–water partition coefficient (Wildman–Crippen LogP) is 2.56. The van der Waals surface area contributed by atoms with E-state index in [-0.39, 0.29) is 10.6 Å². The first-order valence-electron chi connectivity index (χ1n) is 5.18. The number of benzene rings is 1. The number of aromatic nitrogens is 1. The quantitative estimate of drug-likeness (QED) is 0.837. The van der Waals surface area contributed by atoms with Crippen LogP contribution in [-0.4, -0.2) is 11.7 Å². The Hall–Kier alpha value is -1.74. The Morgan fingerprint density at radius 1 is 1.24 bits per heavy atom. The molecule has 0 N–H and O–H groups in total. The molecule has 2 aromatic rings. The van der Waals surface area contributed by atoms with Gasteiger partial charge in [0.25, 0.3) is 5.56 Å². The molecule has 0 saturated heterocycles. The SMILES string of the molecule is COc1ccc(Cn2cccc(Cl)c2=O)cc1. The van der Waals surface area contributed by atoms with Crippen molar-refractivity contribution in [2.45, 2.75) is 6.54 Å². The minimum Gasteiger partial charge on any atom is -0.497 e. The predicted molar refractivity (Wildman–Crippen MR) is 67.8 cm³/mol. The van der Waals surface area contributed by atoms with Gasteiger partial charge in [-0.3, -0.25) is 4.79 Å². The second-order valence-corrected chi connectivity index (χ2v) is 4.04. The maximum absolute atomic E-state index is 11.7. The smallest absolute Gasteiger partial charge is 0.269 e. The number of hydrogen-bond donors (Lipinski definition) is 0. The summed E-state index contributed by atoms with van der Waals surface area (Å²) in [7, 11) is 1.62. The Morgan fingerprint density at radius 2 is 1.94 bits per heavy atom. The molecule has 0 atom stereocenters. The zero-order chi connectivity index (χ0) is 12.3. The fourth-order valence-corrected chi connectivity index (χ4v) is 1.74. The first kappa shape index (κ1) is 11.7. The van der Waals surface area contributed by atoms with Crippen molar-refractivity contribution in [2.24, 2.45) is 0 Å². The van der Waals surface area contributed by atoms with Gasteiger partial charge in [-0.1, -0.05) is 23.7 Å². The lowest BCUT2D eigenvalue weighted by Crippen LogP contribution is -2.19. The minimum atomic E-state index is -0.176. The van der Waals surface area contributed by atoms with E-state index in [0.717, 1.165) is 11.3 Å². The lowest BCUT2D eigenvalue weighted by molar-refractivity contribution is 0.414. The van der Waals surface area contributed by atoms with Crippen LogP contribution < -0.4 is 10.3 Å². The summed E-state index contributed by atoms with van der Waals surface area (Å²) in [6.45, 7) is 0.503. The number of halogens is 1. The molecule has 4 heteroatoms. The summed E-state index contributed by atoms with van der Waals surface area (Å²) in [4.78, 5) is 11.7. The first-order valence-corrected chi connectivity index (χ1v) is 5.56. The lowest BCUT2D eigenvalue weighted by atomic mass is 10.2. The standard InChI is InChI=1S/C13H12ClNO2/c1-17-11-6-4-10(5-7-11)9-15-8-2-3-12(14)13(15)16/h2-8H,9H2,1H3. The van der Waals surface area contributed by atoms with Crippen LogP contribution in [0.4, 0.5) is 0 Å². The van der Waals surface area contributed by atoms with Crippen LogP contribution >= 0.6 is 11.6 Å². The van der Waals surface area contributed by atoms with Crippen molar-refractivity contribution in [3.8, 4) is 5.75 Å². The summed E-state index contributed by atoms with van der Waals surface area (Å²) in [6, 6.07) is 10.9. The van der Waals surface area contributed by atoms with Gasteiger partial charge in [-0.15, -0.1) is 0 Å². The number of nitrogens with zero attached hydrogens (tertiary/aromatic N) is 1. The molecular formula is C13H12ClNO2. The van der Waals surface area contributed by atoms with E-state index in [4.69, 9.17) is 16.3 Å². The molecule has 0 aliphatic rings. The minimum absolute atomic E-state index is 0.176. The van der Waals surface area contributed by atoms with Crippen LogP contribution in [-0.2, 0) is 6.54 Å². The molecule has 0 aliphatic heterocycles. The summed E-state index contributed by atoms with van der Waals surface area (Å²) in [5.74, 6) is 0.798. The molecule has 0 aliphatic carbocycles. The van der Waals surface area contributed by atoms with Crippen molar-refractivity contribution in [3.63, 3.8) is 0 Å². The van der Waals surface area contributed by atoms with Gasteiger partial charge in [-0.2, -0.15) is 0 Å². The van der Waals surface area contributed by atoms with Crippen molar-refractivity contribution in [1.82, 2.24) is 4.57 Å². The van der Waals surface area contributed by atoms with Crippen molar-refractivity contribution >= 4 is 11.6 Å². The summed E-state index contributed by atoms with van der Waals surface area (Å²) < 4.78 is 6.65. The summed E-state index contributed by atoms with van der Waals surface area (Å²) in [5, 5.41) is 0.237. The van der Waals surface area contributed by atoms with Crippen LogP contribution in [0.15, 0.2) is 47.4 Å². The average molecular weight is 250 g/mol. The zero-order valence-corrected chi connectivity index (χ0v) is 10.1. The van der Waals surface area contributed by atoms with Crippen LogP contribution in [0.3, 0.4) is 0 Å². The second kappa shape index (κ2) is 5.06. The number of pyridine rings is 1. The number of methoxy groups -OCH3 is 1. The Labute approximate surface area is 104 Å². The third-order valence-corrected chi connectivity index (χ3v) is 2.77. The third-order valence-electron chi connectivity index (χ3n) is 2.49. The Kier molecular flexibility index (Phi) is 3.49. The molecule has 1 heterocycles. The fourth-order valence-electron chi connectivity index (χ4n) is 1.56. The van der Waals surface area contributed by atoms with Crippen LogP contribution in [0.1, 0.15) is 5.56 Å².